The number of urea groups is 1. The van der Waals surface area contributed by atoms with Gasteiger partial charge < -0.3 is 19.8 Å². The number of likely N-dealkylation sites (tertiary alicyclic amines) is 1. The Kier molecular flexibility index (Phi) is 6.83. The molecule has 5 rings (SSSR count). The van der Waals surface area contributed by atoms with Gasteiger partial charge in [0.1, 0.15) is 0 Å². The first-order valence-corrected chi connectivity index (χ1v) is 13.6. The minimum absolute atomic E-state index is 0.00231. The van der Waals surface area contributed by atoms with Gasteiger partial charge in [-0.05, 0) is 70.5 Å². The van der Waals surface area contributed by atoms with Gasteiger partial charge in [-0.2, -0.15) is 0 Å². The molecular weight excluding hydrogens is 440 g/mol. The van der Waals surface area contributed by atoms with Gasteiger partial charge in [-0.1, -0.05) is 36.8 Å². The molecule has 2 saturated heterocycles. The third-order valence-corrected chi connectivity index (χ3v) is 9.51. The Morgan fingerprint density at radius 1 is 1.09 bits per heavy atom. The van der Waals surface area contributed by atoms with E-state index in [9.17, 15) is 14.7 Å². The van der Waals surface area contributed by atoms with Gasteiger partial charge in [0, 0.05) is 44.7 Å². The number of hydrogen-bond acceptors (Lipinski definition) is 4. The Morgan fingerprint density at radius 2 is 1.80 bits per heavy atom. The van der Waals surface area contributed by atoms with E-state index in [1.807, 2.05) is 4.90 Å². The number of aliphatic hydroxyl groups excluding tert-OH is 1. The normalized spacial score (nSPS) is 31.6. The zero-order valence-electron chi connectivity index (χ0n) is 21.5. The van der Waals surface area contributed by atoms with Crippen LogP contribution in [0.15, 0.2) is 30.3 Å². The van der Waals surface area contributed by atoms with Crippen LogP contribution in [0.5, 0.6) is 0 Å². The summed E-state index contributed by atoms with van der Waals surface area (Å²) >= 11 is 0. The van der Waals surface area contributed by atoms with Gasteiger partial charge >= 0.3 is 6.03 Å². The van der Waals surface area contributed by atoms with E-state index in [1.54, 1.807) is 4.90 Å². The number of hydrogen-bond donors (Lipinski definition) is 1. The summed E-state index contributed by atoms with van der Waals surface area (Å²) < 4.78 is 0. The van der Waals surface area contributed by atoms with Crippen molar-refractivity contribution < 1.29 is 14.7 Å². The largest absolute Gasteiger partial charge is 0.391 e. The van der Waals surface area contributed by atoms with Gasteiger partial charge in [0.2, 0.25) is 5.91 Å². The molecule has 0 radical (unpaired) electrons. The summed E-state index contributed by atoms with van der Waals surface area (Å²) in [7, 11) is 4.37. The molecule has 0 bridgehead atoms. The molecule has 7 nitrogen and oxygen atoms in total. The fourth-order valence-electron chi connectivity index (χ4n) is 6.92. The maximum Gasteiger partial charge on any atom is 0.320 e. The fourth-order valence-corrected chi connectivity index (χ4v) is 6.92. The first-order valence-electron chi connectivity index (χ1n) is 13.6. The number of carbonyl (C=O) groups excluding carboxylic acids is 2. The third kappa shape index (κ3) is 4.57. The highest BCUT2D eigenvalue weighted by molar-refractivity contribution is 5.80. The number of amides is 3. The first kappa shape index (κ1) is 24.6. The molecule has 1 spiro atoms. The summed E-state index contributed by atoms with van der Waals surface area (Å²) in [5.41, 5.74) is 1.23. The molecule has 2 aliphatic heterocycles. The number of benzene rings is 1. The predicted octanol–water partition coefficient (Wildman–Crippen LogP) is 3.28. The zero-order chi connectivity index (χ0) is 24.6. The lowest BCUT2D eigenvalue weighted by Gasteiger charge is -2.51. The van der Waals surface area contributed by atoms with Crippen molar-refractivity contribution in [2.24, 2.45) is 5.92 Å². The van der Waals surface area contributed by atoms with E-state index in [-0.39, 0.29) is 23.0 Å². The number of aliphatic hydroxyl groups is 1. The van der Waals surface area contributed by atoms with Crippen LogP contribution in [0.1, 0.15) is 63.4 Å². The van der Waals surface area contributed by atoms with E-state index < -0.39 is 6.10 Å². The molecule has 0 unspecified atom stereocenters. The van der Waals surface area contributed by atoms with Gasteiger partial charge in [-0.15, -0.1) is 0 Å². The summed E-state index contributed by atoms with van der Waals surface area (Å²) in [5, 5.41) is 9.78. The van der Waals surface area contributed by atoms with Gasteiger partial charge in [0.25, 0.3) is 0 Å². The molecule has 192 valence electrons. The van der Waals surface area contributed by atoms with E-state index in [0.29, 0.717) is 38.4 Å². The molecule has 0 aromatic heterocycles. The molecule has 7 heteroatoms. The molecule has 4 aliphatic rings. The highest BCUT2D eigenvalue weighted by Gasteiger charge is 2.54. The fraction of sp³-hybridized carbons (Fsp3) is 0.714. The SMILES string of the molecule is CN(C)C1(c2ccccc2)CCC2(CC1)CN(CCC(=O)N1CC[C@H](O)C1)C(=O)N2CC1CCC1. The minimum atomic E-state index is -0.405. The van der Waals surface area contributed by atoms with Crippen molar-refractivity contribution in [2.75, 3.05) is 46.8 Å². The highest BCUT2D eigenvalue weighted by atomic mass is 16.3. The molecule has 4 fully saturated rings. The first-order chi connectivity index (χ1) is 16.8. The summed E-state index contributed by atoms with van der Waals surface area (Å²) in [4.78, 5) is 34.7. The molecule has 1 aromatic rings. The van der Waals surface area contributed by atoms with Crippen LogP contribution in [0, 0.1) is 5.92 Å². The molecule has 1 atom stereocenters. The third-order valence-electron chi connectivity index (χ3n) is 9.51. The summed E-state index contributed by atoms with van der Waals surface area (Å²) in [6.45, 7) is 3.12. The summed E-state index contributed by atoms with van der Waals surface area (Å²) in [5.74, 6) is 0.679. The predicted molar refractivity (Wildman–Crippen MR) is 136 cm³/mol. The molecule has 2 aliphatic carbocycles. The van der Waals surface area contributed by atoms with Crippen molar-refractivity contribution in [3.8, 4) is 0 Å². The molecule has 35 heavy (non-hydrogen) atoms. The smallest absolute Gasteiger partial charge is 0.320 e. The lowest BCUT2D eigenvalue weighted by atomic mass is 9.68. The Labute approximate surface area is 210 Å². The van der Waals surface area contributed by atoms with Crippen LogP contribution in [0.25, 0.3) is 0 Å². The summed E-state index contributed by atoms with van der Waals surface area (Å²) in [6, 6.07) is 11.0. The van der Waals surface area contributed by atoms with Crippen molar-refractivity contribution in [1.29, 1.82) is 0 Å². The van der Waals surface area contributed by atoms with Gasteiger partial charge in [0.15, 0.2) is 0 Å². The van der Waals surface area contributed by atoms with E-state index >= 15 is 0 Å². The number of β-amino-alcohol motifs (C(OH)–C–C–N with tert-alkyl or cyclic N) is 1. The van der Waals surface area contributed by atoms with Crippen LogP contribution in [0.3, 0.4) is 0 Å². The molecular formula is C28H42N4O3. The van der Waals surface area contributed by atoms with E-state index in [4.69, 9.17) is 0 Å². The maximum absolute atomic E-state index is 13.7. The van der Waals surface area contributed by atoms with Gasteiger partial charge in [-0.3, -0.25) is 9.69 Å². The van der Waals surface area contributed by atoms with Crippen molar-refractivity contribution in [2.45, 2.75) is 75.0 Å². The van der Waals surface area contributed by atoms with E-state index in [2.05, 4.69) is 54.2 Å². The molecule has 1 N–H and O–H groups in total. The van der Waals surface area contributed by atoms with Crippen LogP contribution in [0.2, 0.25) is 0 Å². The number of rotatable bonds is 7. The number of nitrogens with zero attached hydrogens (tertiary/aromatic N) is 4. The second-order valence-corrected chi connectivity index (χ2v) is 11.7. The van der Waals surface area contributed by atoms with Crippen molar-refractivity contribution >= 4 is 11.9 Å². The Morgan fingerprint density at radius 3 is 2.37 bits per heavy atom. The van der Waals surface area contributed by atoms with Crippen molar-refractivity contribution in [1.82, 2.24) is 19.6 Å². The van der Waals surface area contributed by atoms with E-state index in [0.717, 1.165) is 38.8 Å². The van der Waals surface area contributed by atoms with Crippen LogP contribution >= 0.6 is 0 Å². The lowest BCUT2D eigenvalue weighted by molar-refractivity contribution is -0.130. The van der Waals surface area contributed by atoms with Crippen molar-refractivity contribution in [3.63, 3.8) is 0 Å². The average Bonchev–Trinajstić information content (AvgIpc) is 3.37. The Hall–Kier alpha value is -2.12. The zero-order valence-corrected chi connectivity index (χ0v) is 21.5. The van der Waals surface area contributed by atoms with E-state index in [1.165, 1.54) is 24.8 Å². The second kappa shape index (κ2) is 9.74. The maximum atomic E-state index is 13.7. The monoisotopic (exact) mass is 482 g/mol. The minimum Gasteiger partial charge on any atom is -0.391 e. The quantitative estimate of drug-likeness (QED) is 0.648. The molecule has 3 amide bonds. The van der Waals surface area contributed by atoms with Crippen LogP contribution in [-0.2, 0) is 10.3 Å². The Balaban J connectivity index is 1.31. The highest BCUT2D eigenvalue weighted by Crippen LogP contribution is 2.49. The average molecular weight is 483 g/mol. The Bertz CT molecular complexity index is 908. The molecule has 2 saturated carbocycles. The van der Waals surface area contributed by atoms with Gasteiger partial charge in [0.05, 0.1) is 11.6 Å². The van der Waals surface area contributed by atoms with Crippen LogP contribution in [0.4, 0.5) is 4.79 Å². The van der Waals surface area contributed by atoms with Gasteiger partial charge in [-0.25, -0.2) is 4.79 Å². The van der Waals surface area contributed by atoms with Crippen LogP contribution in [-0.4, -0.2) is 95.1 Å². The topological polar surface area (TPSA) is 67.3 Å². The lowest BCUT2D eigenvalue weighted by Crippen LogP contribution is -2.56. The standard InChI is InChI=1S/C28H42N4O3/c1-29(2)28(23-9-4-3-5-10-23)15-13-27(14-16-28)21-31(26(35)32(27)19-22-7-6-8-22)18-12-25(34)30-17-11-24(33)20-30/h3-5,9-10,22,24,33H,6-8,11-21H2,1-2H3/t24-,27?,28?/m0/s1. The second-order valence-electron chi connectivity index (χ2n) is 11.7. The van der Waals surface area contributed by atoms with Crippen molar-refractivity contribution in [3.05, 3.63) is 35.9 Å². The van der Waals surface area contributed by atoms with Crippen LogP contribution < -0.4 is 0 Å². The molecule has 2 heterocycles. The molecule has 1 aromatic carbocycles. The number of carbonyl (C=O) groups is 2. The summed E-state index contributed by atoms with van der Waals surface area (Å²) in [6.07, 6.45) is 8.34.